The molecule has 3 N–H and O–H groups in total. The second-order valence-electron chi connectivity index (χ2n) is 8.83. The average Bonchev–Trinajstić information content (AvgIpc) is 3.45. The Bertz CT molecular complexity index is 1240. The number of carbonyl (C=O) groups excluding carboxylic acids is 2. The molecule has 4 rings (SSSR count). The van der Waals surface area contributed by atoms with Crippen LogP contribution in [0.3, 0.4) is 0 Å². The molecule has 0 saturated carbocycles. The number of hydrogen-bond acceptors (Lipinski definition) is 8. The van der Waals surface area contributed by atoms with E-state index in [1.54, 1.807) is 28.5 Å². The first-order chi connectivity index (χ1) is 17.9. The zero-order valence-electron chi connectivity index (χ0n) is 23.2. The van der Waals surface area contributed by atoms with Crippen LogP contribution >= 0.6 is 0 Å². The van der Waals surface area contributed by atoms with Crippen molar-refractivity contribution in [1.29, 1.82) is 0 Å². The molecule has 0 atom stereocenters. The second-order valence-corrected chi connectivity index (χ2v) is 8.83. The van der Waals surface area contributed by atoms with Crippen molar-refractivity contribution in [2.24, 2.45) is 0 Å². The quantitative estimate of drug-likeness (QED) is 0.438. The Hall–Kier alpha value is -3.63. The van der Waals surface area contributed by atoms with Gasteiger partial charge in [-0.25, -0.2) is 4.79 Å². The van der Waals surface area contributed by atoms with E-state index < -0.39 is 5.97 Å². The number of para-hydroxylation sites is 1. The predicted octanol–water partition coefficient (Wildman–Crippen LogP) is 3.87. The van der Waals surface area contributed by atoms with Gasteiger partial charge in [-0.2, -0.15) is 0 Å². The highest BCUT2D eigenvalue weighted by Crippen LogP contribution is 2.31. The number of aromatic nitrogens is 1. The summed E-state index contributed by atoms with van der Waals surface area (Å²) in [7, 11) is 3.98. The van der Waals surface area contributed by atoms with Crippen molar-refractivity contribution in [3.8, 4) is 0 Å². The highest BCUT2D eigenvalue weighted by molar-refractivity contribution is 6.05. The van der Waals surface area contributed by atoms with Gasteiger partial charge in [0.05, 0.1) is 24.1 Å². The van der Waals surface area contributed by atoms with Crippen molar-refractivity contribution in [2.45, 2.75) is 33.7 Å². The number of furan rings is 1. The van der Waals surface area contributed by atoms with Gasteiger partial charge in [-0.15, -0.1) is 0 Å². The summed E-state index contributed by atoms with van der Waals surface area (Å²) in [5.74, 6) is -0.480. The Morgan fingerprint density at radius 3 is 2.32 bits per heavy atom. The van der Waals surface area contributed by atoms with Gasteiger partial charge >= 0.3 is 5.97 Å². The van der Waals surface area contributed by atoms with Crippen LogP contribution in [0.2, 0.25) is 0 Å². The number of anilines is 1. The molecule has 1 aromatic carbocycles. The van der Waals surface area contributed by atoms with Gasteiger partial charge < -0.3 is 34.6 Å². The summed E-state index contributed by atoms with van der Waals surface area (Å²) < 4.78 is 12.3. The number of rotatable bonds is 8. The first kappa shape index (κ1) is 30.6. The lowest BCUT2D eigenvalue weighted by molar-refractivity contribution is 0.0523. The molecule has 1 saturated heterocycles. The molecule has 3 heterocycles. The molecule has 10 nitrogen and oxygen atoms in total. The van der Waals surface area contributed by atoms with Gasteiger partial charge in [0, 0.05) is 38.1 Å². The molecule has 0 unspecified atom stereocenters. The van der Waals surface area contributed by atoms with Crippen LogP contribution < -0.4 is 16.6 Å². The van der Waals surface area contributed by atoms with Crippen molar-refractivity contribution in [2.75, 3.05) is 58.3 Å². The molecule has 1 aliphatic rings. The molecule has 0 bridgehead atoms. The van der Waals surface area contributed by atoms with Gasteiger partial charge in [0.15, 0.2) is 5.76 Å². The van der Waals surface area contributed by atoms with Crippen LogP contribution in [0.25, 0.3) is 10.9 Å². The Kier molecular flexibility index (Phi) is 11.5. The topological polar surface area (TPSA) is 123 Å². The van der Waals surface area contributed by atoms with Crippen LogP contribution in [0.5, 0.6) is 0 Å². The fourth-order valence-electron chi connectivity index (χ4n) is 4.56. The summed E-state index contributed by atoms with van der Waals surface area (Å²) in [6.07, 6.45) is 2.25. The van der Waals surface area contributed by atoms with E-state index in [-0.39, 0.29) is 29.8 Å². The number of carbonyl (C=O) groups is 2. The lowest BCUT2D eigenvalue weighted by Gasteiger charge is -2.37. The first-order valence-corrected chi connectivity index (χ1v) is 13.0. The summed E-state index contributed by atoms with van der Waals surface area (Å²) in [6, 6.07) is 11.0. The summed E-state index contributed by atoms with van der Waals surface area (Å²) in [6.45, 7) is 9.08. The van der Waals surface area contributed by atoms with Crippen LogP contribution in [-0.2, 0) is 11.3 Å². The number of aryl methyl sites for hydroxylation is 1. The molecule has 10 heteroatoms. The minimum absolute atomic E-state index is 0. The van der Waals surface area contributed by atoms with Crippen molar-refractivity contribution < 1.29 is 18.7 Å². The van der Waals surface area contributed by atoms with E-state index in [1.807, 2.05) is 57.1 Å². The fourth-order valence-corrected chi connectivity index (χ4v) is 4.56. The van der Waals surface area contributed by atoms with Crippen LogP contribution in [0.1, 0.15) is 48.1 Å². The molecular weight excluding hydrogens is 486 g/mol. The first-order valence-electron chi connectivity index (χ1n) is 13.0. The smallest absolute Gasteiger partial charge is 0.345 e. The van der Waals surface area contributed by atoms with Crippen molar-refractivity contribution in [3.63, 3.8) is 0 Å². The van der Waals surface area contributed by atoms with E-state index in [2.05, 4.69) is 4.90 Å². The van der Waals surface area contributed by atoms with Crippen LogP contribution in [0.4, 0.5) is 5.69 Å². The van der Waals surface area contributed by atoms with Crippen LogP contribution in [0, 0.1) is 0 Å². The van der Waals surface area contributed by atoms with Gasteiger partial charge in [0.2, 0.25) is 0 Å². The second kappa shape index (κ2) is 14.3. The van der Waals surface area contributed by atoms with E-state index in [0.29, 0.717) is 44.2 Å². The normalized spacial score (nSPS) is 13.1. The van der Waals surface area contributed by atoms with Gasteiger partial charge in [0.25, 0.3) is 11.5 Å². The molecular formula is C28H41N5O5. The molecule has 2 aromatic heterocycles. The van der Waals surface area contributed by atoms with Gasteiger partial charge in [-0.05, 0) is 52.2 Å². The molecule has 1 amide bonds. The Morgan fingerprint density at radius 2 is 1.71 bits per heavy atom. The summed E-state index contributed by atoms with van der Waals surface area (Å²) in [5.41, 5.74) is 1.08. The number of amides is 1. The maximum absolute atomic E-state index is 13.7. The minimum atomic E-state index is -0.617. The number of piperazine rings is 1. The van der Waals surface area contributed by atoms with Gasteiger partial charge in [0.1, 0.15) is 5.56 Å². The zero-order chi connectivity index (χ0) is 26.9. The lowest BCUT2D eigenvalue weighted by Crippen LogP contribution is -2.49. The third-order valence-electron chi connectivity index (χ3n) is 6.23. The average molecular weight is 528 g/mol. The Morgan fingerprint density at radius 1 is 1.03 bits per heavy atom. The molecule has 1 fully saturated rings. The summed E-state index contributed by atoms with van der Waals surface area (Å²) >= 11 is 0. The lowest BCUT2D eigenvalue weighted by atomic mass is 10.1. The minimum Gasteiger partial charge on any atom is -0.462 e. The van der Waals surface area contributed by atoms with E-state index in [4.69, 9.17) is 9.15 Å². The summed E-state index contributed by atoms with van der Waals surface area (Å²) in [5, 5.41) is 0.825. The molecule has 0 spiro atoms. The third-order valence-corrected chi connectivity index (χ3v) is 6.23. The number of pyridine rings is 1. The molecule has 1 aliphatic heterocycles. The number of esters is 1. The van der Waals surface area contributed by atoms with E-state index in [0.717, 1.165) is 23.9 Å². The van der Waals surface area contributed by atoms with E-state index >= 15 is 0 Å². The van der Waals surface area contributed by atoms with Crippen molar-refractivity contribution in [1.82, 2.24) is 20.5 Å². The number of ether oxygens (including phenoxy) is 1. The van der Waals surface area contributed by atoms with E-state index in [9.17, 15) is 14.4 Å². The van der Waals surface area contributed by atoms with Crippen LogP contribution in [0.15, 0.2) is 51.9 Å². The molecule has 208 valence electrons. The predicted molar refractivity (Wildman–Crippen MR) is 151 cm³/mol. The number of nitrogens with zero attached hydrogens (tertiary/aromatic N) is 4. The van der Waals surface area contributed by atoms with E-state index in [1.165, 1.54) is 6.26 Å². The SMILES string of the molecule is CC.CCOC(=O)c1c(N2CCN(C(=O)c3ccco3)CC2)c2ccccc2n(CCCN(C)C)c1=O.N. The van der Waals surface area contributed by atoms with Crippen molar-refractivity contribution in [3.05, 3.63) is 64.3 Å². The van der Waals surface area contributed by atoms with Crippen molar-refractivity contribution >= 4 is 28.5 Å². The van der Waals surface area contributed by atoms with Gasteiger partial charge in [-0.3, -0.25) is 9.59 Å². The molecule has 0 aliphatic carbocycles. The standard InChI is InChI=1S/C26H32N4O5.C2H6.H3N/c1-4-34-26(33)22-23(28-14-16-29(17-15-28)24(31)21-11-7-18-35-21)19-9-5-6-10-20(19)30(25(22)32)13-8-12-27(2)3;1-2;/h5-7,9-11,18H,4,8,12-17H2,1-3H3;1-2H3;1H3. The summed E-state index contributed by atoms with van der Waals surface area (Å²) in [4.78, 5) is 45.3. The highest BCUT2D eigenvalue weighted by Gasteiger charge is 2.30. The fraction of sp³-hybridized carbons (Fsp3) is 0.464. The molecule has 0 radical (unpaired) electrons. The maximum atomic E-state index is 13.7. The Balaban J connectivity index is 0.00000165. The number of benzene rings is 1. The highest BCUT2D eigenvalue weighted by atomic mass is 16.5. The van der Waals surface area contributed by atoms with Crippen LogP contribution in [-0.4, -0.2) is 79.7 Å². The number of hydrogen-bond donors (Lipinski definition) is 1. The third kappa shape index (κ3) is 6.62. The molecule has 38 heavy (non-hydrogen) atoms. The number of fused-ring (bicyclic) bond motifs is 1. The monoisotopic (exact) mass is 527 g/mol. The van der Waals surface area contributed by atoms with Gasteiger partial charge in [-0.1, -0.05) is 32.0 Å². The largest absolute Gasteiger partial charge is 0.462 e. The Labute approximate surface area is 224 Å². The zero-order valence-corrected chi connectivity index (χ0v) is 23.2. The maximum Gasteiger partial charge on any atom is 0.345 e. The molecule has 3 aromatic rings.